The number of nitrogens with one attached hydrogen (secondary N) is 1. The highest BCUT2D eigenvalue weighted by molar-refractivity contribution is 5.99. The van der Waals surface area contributed by atoms with Gasteiger partial charge in [-0.25, -0.2) is 4.39 Å². The van der Waals surface area contributed by atoms with Gasteiger partial charge >= 0.3 is 0 Å². The van der Waals surface area contributed by atoms with Crippen LogP contribution in [-0.4, -0.2) is 26.7 Å². The van der Waals surface area contributed by atoms with Gasteiger partial charge in [0.15, 0.2) is 0 Å². The summed E-state index contributed by atoms with van der Waals surface area (Å²) in [6.45, 7) is 0.511. The number of rotatable bonds is 7. The average Bonchev–Trinajstić information content (AvgIpc) is 2.59. The monoisotopic (exact) mass is 317 g/mol. The van der Waals surface area contributed by atoms with E-state index in [4.69, 9.17) is 9.47 Å². The van der Waals surface area contributed by atoms with E-state index < -0.39 is 0 Å². The number of carbonyl (C=O) groups is 1. The van der Waals surface area contributed by atoms with Gasteiger partial charge in [0.05, 0.1) is 14.2 Å². The Bertz CT molecular complexity index is 634. The summed E-state index contributed by atoms with van der Waals surface area (Å²) in [5.41, 5.74) is 1.43. The molecular weight excluding hydrogens is 297 g/mol. The number of methoxy groups -OCH3 is 2. The third-order valence-corrected chi connectivity index (χ3v) is 3.50. The topological polar surface area (TPSA) is 47.6 Å². The highest BCUT2D eigenvalue weighted by Crippen LogP contribution is 2.27. The lowest BCUT2D eigenvalue weighted by molar-refractivity contribution is 0.0947. The Morgan fingerprint density at radius 3 is 2.22 bits per heavy atom. The van der Waals surface area contributed by atoms with Gasteiger partial charge in [-0.15, -0.1) is 0 Å². The third-order valence-electron chi connectivity index (χ3n) is 3.50. The lowest BCUT2D eigenvalue weighted by Gasteiger charge is -2.13. The molecule has 0 radical (unpaired) electrons. The normalized spacial score (nSPS) is 10.2. The van der Waals surface area contributed by atoms with Crippen LogP contribution in [0.1, 0.15) is 22.3 Å². The summed E-state index contributed by atoms with van der Waals surface area (Å²) in [4.78, 5) is 12.3. The minimum absolute atomic E-state index is 0.238. The number of ether oxygens (including phenoxy) is 2. The fraction of sp³-hybridized carbons (Fsp3) is 0.278. The van der Waals surface area contributed by atoms with Crippen LogP contribution in [0.2, 0.25) is 0 Å². The summed E-state index contributed by atoms with van der Waals surface area (Å²) in [5.74, 6) is 0.462. The van der Waals surface area contributed by atoms with Crippen LogP contribution in [-0.2, 0) is 6.42 Å². The molecule has 0 aliphatic heterocycles. The molecular formula is C18H20FNO3. The molecule has 0 bridgehead atoms. The fourth-order valence-electron chi connectivity index (χ4n) is 2.31. The first-order valence-electron chi connectivity index (χ1n) is 7.39. The van der Waals surface area contributed by atoms with E-state index in [2.05, 4.69) is 5.32 Å². The molecule has 0 fully saturated rings. The Balaban J connectivity index is 1.91. The largest absolute Gasteiger partial charge is 0.496 e. The number of benzene rings is 2. The minimum atomic E-state index is -0.245. The molecule has 0 spiro atoms. The molecule has 23 heavy (non-hydrogen) atoms. The average molecular weight is 317 g/mol. The van der Waals surface area contributed by atoms with Crippen molar-refractivity contribution in [1.29, 1.82) is 0 Å². The van der Waals surface area contributed by atoms with Gasteiger partial charge < -0.3 is 14.8 Å². The van der Waals surface area contributed by atoms with E-state index in [9.17, 15) is 9.18 Å². The van der Waals surface area contributed by atoms with E-state index in [0.29, 0.717) is 23.6 Å². The van der Waals surface area contributed by atoms with Crippen molar-refractivity contribution in [1.82, 2.24) is 5.32 Å². The molecule has 122 valence electrons. The minimum Gasteiger partial charge on any atom is -0.496 e. The predicted molar refractivity (Wildman–Crippen MR) is 86.6 cm³/mol. The SMILES string of the molecule is COc1cccc(OC)c1C(=O)NCCCc1ccc(F)cc1. The molecule has 0 saturated carbocycles. The molecule has 0 aromatic heterocycles. The summed E-state index contributed by atoms with van der Waals surface area (Å²) in [7, 11) is 3.03. The van der Waals surface area contributed by atoms with Crippen molar-refractivity contribution in [2.45, 2.75) is 12.8 Å². The van der Waals surface area contributed by atoms with Crippen molar-refractivity contribution in [3.8, 4) is 11.5 Å². The Labute approximate surface area is 135 Å². The van der Waals surface area contributed by atoms with E-state index in [1.807, 2.05) is 0 Å². The Kier molecular flexibility index (Phi) is 5.97. The lowest BCUT2D eigenvalue weighted by Crippen LogP contribution is -2.25. The molecule has 2 aromatic carbocycles. The number of hydrogen-bond donors (Lipinski definition) is 1. The molecule has 4 nitrogen and oxygen atoms in total. The summed E-state index contributed by atoms with van der Waals surface area (Å²) < 4.78 is 23.3. The van der Waals surface area contributed by atoms with Crippen molar-refractivity contribution < 1.29 is 18.7 Å². The predicted octanol–water partition coefficient (Wildman–Crippen LogP) is 3.21. The zero-order valence-corrected chi connectivity index (χ0v) is 13.3. The van der Waals surface area contributed by atoms with E-state index in [1.54, 1.807) is 30.3 Å². The van der Waals surface area contributed by atoms with Crippen molar-refractivity contribution in [2.75, 3.05) is 20.8 Å². The highest BCUT2D eigenvalue weighted by atomic mass is 19.1. The summed E-state index contributed by atoms with van der Waals surface area (Å²) in [5, 5.41) is 2.86. The zero-order valence-electron chi connectivity index (χ0n) is 13.3. The smallest absolute Gasteiger partial charge is 0.258 e. The van der Waals surface area contributed by atoms with Crippen molar-refractivity contribution in [3.63, 3.8) is 0 Å². The van der Waals surface area contributed by atoms with Crippen LogP contribution in [0.4, 0.5) is 4.39 Å². The Morgan fingerprint density at radius 2 is 1.65 bits per heavy atom. The molecule has 1 N–H and O–H groups in total. The molecule has 2 aromatic rings. The maximum absolute atomic E-state index is 12.8. The van der Waals surface area contributed by atoms with Gasteiger partial charge in [0.25, 0.3) is 5.91 Å². The first kappa shape index (κ1) is 16.8. The molecule has 0 atom stereocenters. The van der Waals surface area contributed by atoms with E-state index in [0.717, 1.165) is 18.4 Å². The number of halogens is 1. The van der Waals surface area contributed by atoms with Crippen molar-refractivity contribution in [3.05, 3.63) is 59.4 Å². The second kappa shape index (κ2) is 8.17. The van der Waals surface area contributed by atoms with Crippen LogP contribution < -0.4 is 14.8 Å². The second-order valence-electron chi connectivity index (χ2n) is 5.02. The standard InChI is InChI=1S/C18H20FNO3/c1-22-15-6-3-7-16(23-2)17(15)18(21)20-12-4-5-13-8-10-14(19)11-9-13/h3,6-11H,4-5,12H2,1-2H3,(H,20,21). The maximum Gasteiger partial charge on any atom is 0.258 e. The molecule has 5 heteroatoms. The molecule has 0 aliphatic rings. The van der Waals surface area contributed by atoms with Crippen LogP contribution >= 0.6 is 0 Å². The fourth-order valence-corrected chi connectivity index (χ4v) is 2.31. The van der Waals surface area contributed by atoms with Gasteiger partial charge in [-0.3, -0.25) is 4.79 Å². The van der Waals surface area contributed by atoms with E-state index >= 15 is 0 Å². The van der Waals surface area contributed by atoms with Gasteiger partial charge in [0, 0.05) is 6.54 Å². The lowest BCUT2D eigenvalue weighted by atomic mass is 10.1. The van der Waals surface area contributed by atoms with E-state index in [1.165, 1.54) is 26.4 Å². The van der Waals surface area contributed by atoms with Gasteiger partial charge in [0.1, 0.15) is 22.9 Å². The summed E-state index contributed by atoms with van der Waals surface area (Å²) in [6.07, 6.45) is 1.53. The van der Waals surface area contributed by atoms with Crippen LogP contribution in [0.5, 0.6) is 11.5 Å². The number of hydrogen-bond acceptors (Lipinski definition) is 3. The number of carbonyl (C=O) groups excluding carboxylic acids is 1. The van der Waals surface area contributed by atoms with Gasteiger partial charge in [-0.2, -0.15) is 0 Å². The first-order chi connectivity index (χ1) is 11.2. The highest BCUT2D eigenvalue weighted by Gasteiger charge is 2.17. The second-order valence-corrected chi connectivity index (χ2v) is 5.02. The van der Waals surface area contributed by atoms with Crippen LogP contribution in [0, 0.1) is 5.82 Å². The van der Waals surface area contributed by atoms with Crippen LogP contribution in [0.3, 0.4) is 0 Å². The molecule has 0 saturated heterocycles. The quantitative estimate of drug-likeness (QED) is 0.798. The van der Waals surface area contributed by atoms with Crippen LogP contribution in [0.15, 0.2) is 42.5 Å². The van der Waals surface area contributed by atoms with Crippen molar-refractivity contribution in [2.24, 2.45) is 0 Å². The Morgan fingerprint density at radius 1 is 1.04 bits per heavy atom. The zero-order chi connectivity index (χ0) is 16.7. The maximum atomic E-state index is 12.8. The molecule has 0 aliphatic carbocycles. The molecule has 2 rings (SSSR count). The third kappa shape index (κ3) is 4.45. The van der Waals surface area contributed by atoms with E-state index in [-0.39, 0.29) is 11.7 Å². The van der Waals surface area contributed by atoms with Gasteiger partial charge in [0.2, 0.25) is 0 Å². The molecule has 0 heterocycles. The summed E-state index contributed by atoms with van der Waals surface area (Å²) in [6, 6.07) is 11.6. The first-order valence-corrected chi connectivity index (χ1v) is 7.39. The van der Waals surface area contributed by atoms with Crippen LogP contribution in [0.25, 0.3) is 0 Å². The Hall–Kier alpha value is -2.56. The molecule has 1 amide bonds. The number of amides is 1. The van der Waals surface area contributed by atoms with Gasteiger partial charge in [-0.1, -0.05) is 18.2 Å². The van der Waals surface area contributed by atoms with Crippen molar-refractivity contribution >= 4 is 5.91 Å². The molecule has 0 unspecified atom stereocenters. The number of aryl methyl sites for hydroxylation is 1. The summed E-state index contributed by atoms with van der Waals surface area (Å²) >= 11 is 0. The van der Waals surface area contributed by atoms with Gasteiger partial charge in [-0.05, 0) is 42.7 Å².